The SMILES string of the molecule is c1nc(COC2CCNC2)cs1. The summed E-state index contributed by atoms with van der Waals surface area (Å²) in [6.45, 7) is 2.74. The van der Waals surface area contributed by atoms with Gasteiger partial charge in [-0.2, -0.15) is 0 Å². The van der Waals surface area contributed by atoms with Gasteiger partial charge in [-0.15, -0.1) is 11.3 Å². The zero-order valence-corrected chi connectivity index (χ0v) is 7.64. The van der Waals surface area contributed by atoms with Gasteiger partial charge in [-0.05, 0) is 13.0 Å². The Morgan fingerprint density at radius 1 is 1.75 bits per heavy atom. The fraction of sp³-hybridized carbons (Fsp3) is 0.625. The van der Waals surface area contributed by atoms with E-state index < -0.39 is 0 Å². The van der Waals surface area contributed by atoms with Crippen LogP contribution in [0.5, 0.6) is 0 Å². The number of nitrogens with zero attached hydrogens (tertiary/aromatic N) is 1. The van der Waals surface area contributed by atoms with Crippen molar-refractivity contribution in [2.45, 2.75) is 19.1 Å². The van der Waals surface area contributed by atoms with Crippen LogP contribution in [0, 0.1) is 0 Å². The van der Waals surface area contributed by atoms with Crippen molar-refractivity contribution < 1.29 is 4.74 Å². The second-order valence-electron chi connectivity index (χ2n) is 2.91. The Kier molecular flexibility index (Phi) is 2.71. The molecule has 1 atom stereocenters. The molecule has 0 saturated carbocycles. The van der Waals surface area contributed by atoms with Gasteiger partial charge in [0.05, 0.1) is 23.9 Å². The highest BCUT2D eigenvalue weighted by molar-refractivity contribution is 7.07. The highest BCUT2D eigenvalue weighted by Crippen LogP contribution is 2.08. The van der Waals surface area contributed by atoms with Crippen molar-refractivity contribution >= 4 is 11.3 Å². The first kappa shape index (κ1) is 8.16. The smallest absolute Gasteiger partial charge is 0.0900 e. The summed E-state index contributed by atoms with van der Waals surface area (Å²) in [5.74, 6) is 0. The highest BCUT2D eigenvalue weighted by atomic mass is 32.1. The van der Waals surface area contributed by atoms with Crippen LogP contribution in [0.2, 0.25) is 0 Å². The first-order chi connectivity index (χ1) is 5.95. The van der Waals surface area contributed by atoms with Crippen molar-refractivity contribution in [3.05, 3.63) is 16.6 Å². The molecule has 66 valence electrons. The lowest BCUT2D eigenvalue weighted by atomic mass is 10.3. The van der Waals surface area contributed by atoms with E-state index in [-0.39, 0.29) is 0 Å². The molecule has 1 fully saturated rings. The third-order valence-corrected chi connectivity index (χ3v) is 2.60. The van der Waals surface area contributed by atoms with E-state index in [1.807, 2.05) is 10.9 Å². The Labute approximate surface area is 75.8 Å². The van der Waals surface area contributed by atoms with E-state index in [4.69, 9.17) is 4.74 Å². The predicted molar refractivity (Wildman–Crippen MR) is 48.2 cm³/mol. The summed E-state index contributed by atoms with van der Waals surface area (Å²) in [4.78, 5) is 4.15. The molecule has 1 aliphatic rings. The molecule has 0 aromatic carbocycles. The summed E-state index contributed by atoms with van der Waals surface area (Å²) in [7, 11) is 0. The van der Waals surface area contributed by atoms with Gasteiger partial charge < -0.3 is 10.1 Å². The minimum absolute atomic E-state index is 0.395. The number of nitrogens with one attached hydrogen (secondary N) is 1. The topological polar surface area (TPSA) is 34.1 Å². The van der Waals surface area contributed by atoms with E-state index in [0.29, 0.717) is 12.7 Å². The van der Waals surface area contributed by atoms with Gasteiger partial charge in [0.2, 0.25) is 0 Å². The molecule has 0 radical (unpaired) electrons. The average molecular weight is 184 g/mol. The molecule has 1 N–H and O–H groups in total. The molecule has 1 aromatic rings. The van der Waals surface area contributed by atoms with Gasteiger partial charge in [-0.1, -0.05) is 0 Å². The van der Waals surface area contributed by atoms with Crippen molar-refractivity contribution in [2.24, 2.45) is 0 Å². The van der Waals surface area contributed by atoms with Crippen LogP contribution in [-0.4, -0.2) is 24.2 Å². The Morgan fingerprint density at radius 2 is 2.75 bits per heavy atom. The molecule has 2 heterocycles. The summed E-state index contributed by atoms with van der Waals surface area (Å²) in [6, 6.07) is 0. The second kappa shape index (κ2) is 3.98. The average Bonchev–Trinajstić information content (AvgIpc) is 2.74. The van der Waals surface area contributed by atoms with Crippen molar-refractivity contribution in [1.82, 2.24) is 10.3 Å². The molecule has 1 aliphatic heterocycles. The number of thiazole rings is 1. The first-order valence-corrected chi connectivity index (χ1v) is 5.09. The van der Waals surface area contributed by atoms with Crippen molar-refractivity contribution in [3.8, 4) is 0 Å². The van der Waals surface area contributed by atoms with Gasteiger partial charge in [0.1, 0.15) is 0 Å². The minimum atomic E-state index is 0.395. The predicted octanol–water partition coefficient (Wildman–Crippen LogP) is 1.02. The van der Waals surface area contributed by atoms with E-state index >= 15 is 0 Å². The summed E-state index contributed by atoms with van der Waals surface area (Å²) in [6.07, 6.45) is 1.52. The number of hydrogen-bond donors (Lipinski definition) is 1. The molecule has 2 rings (SSSR count). The third-order valence-electron chi connectivity index (χ3n) is 1.97. The van der Waals surface area contributed by atoms with Gasteiger partial charge in [-0.25, -0.2) is 4.98 Å². The molecule has 3 nitrogen and oxygen atoms in total. The summed E-state index contributed by atoms with van der Waals surface area (Å²) < 4.78 is 5.63. The van der Waals surface area contributed by atoms with E-state index in [0.717, 1.165) is 25.2 Å². The Hall–Kier alpha value is -0.450. The molecular formula is C8H12N2OS. The van der Waals surface area contributed by atoms with Gasteiger partial charge >= 0.3 is 0 Å². The van der Waals surface area contributed by atoms with E-state index in [1.54, 1.807) is 11.3 Å². The third kappa shape index (κ3) is 2.03. The van der Waals surface area contributed by atoms with Crippen LogP contribution >= 0.6 is 11.3 Å². The number of rotatable bonds is 3. The first-order valence-electron chi connectivity index (χ1n) is 4.14. The molecule has 1 unspecified atom stereocenters. The number of ether oxygens (including phenoxy) is 1. The zero-order chi connectivity index (χ0) is 8.23. The lowest BCUT2D eigenvalue weighted by Gasteiger charge is -2.07. The second-order valence-corrected chi connectivity index (χ2v) is 3.62. The fourth-order valence-electron chi connectivity index (χ4n) is 1.28. The fourth-order valence-corrected chi connectivity index (χ4v) is 1.83. The standard InChI is InChI=1S/C8H12N2OS/c1-2-9-3-8(1)11-4-7-5-12-6-10-7/h5-6,8-9H,1-4H2. The van der Waals surface area contributed by atoms with Crippen molar-refractivity contribution in [1.29, 1.82) is 0 Å². The van der Waals surface area contributed by atoms with E-state index in [1.165, 1.54) is 0 Å². The van der Waals surface area contributed by atoms with E-state index in [2.05, 4.69) is 10.3 Å². The molecule has 1 saturated heterocycles. The molecule has 0 bridgehead atoms. The number of hydrogen-bond acceptors (Lipinski definition) is 4. The lowest BCUT2D eigenvalue weighted by Crippen LogP contribution is -2.16. The largest absolute Gasteiger partial charge is 0.371 e. The Balaban J connectivity index is 1.74. The molecule has 1 aromatic heterocycles. The minimum Gasteiger partial charge on any atom is -0.371 e. The Morgan fingerprint density at radius 3 is 3.42 bits per heavy atom. The van der Waals surface area contributed by atoms with E-state index in [9.17, 15) is 0 Å². The van der Waals surface area contributed by atoms with Crippen LogP contribution in [0.15, 0.2) is 10.9 Å². The maximum atomic E-state index is 5.63. The summed E-state index contributed by atoms with van der Waals surface area (Å²) >= 11 is 1.62. The molecular weight excluding hydrogens is 172 g/mol. The van der Waals surface area contributed by atoms with Gasteiger partial charge in [0, 0.05) is 11.9 Å². The van der Waals surface area contributed by atoms with Crippen LogP contribution < -0.4 is 5.32 Å². The summed E-state index contributed by atoms with van der Waals surface area (Å²) in [5, 5.41) is 5.29. The zero-order valence-electron chi connectivity index (χ0n) is 6.82. The van der Waals surface area contributed by atoms with Crippen molar-refractivity contribution in [2.75, 3.05) is 13.1 Å². The maximum absolute atomic E-state index is 5.63. The van der Waals surface area contributed by atoms with Crippen molar-refractivity contribution in [3.63, 3.8) is 0 Å². The lowest BCUT2D eigenvalue weighted by molar-refractivity contribution is 0.0525. The molecule has 4 heteroatoms. The Bertz CT molecular complexity index is 219. The van der Waals surface area contributed by atoms with Crippen LogP contribution in [0.4, 0.5) is 0 Å². The maximum Gasteiger partial charge on any atom is 0.0900 e. The van der Waals surface area contributed by atoms with Gasteiger partial charge in [0.15, 0.2) is 0 Å². The molecule has 0 amide bonds. The quantitative estimate of drug-likeness (QED) is 0.761. The monoisotopic (exact) mass is 184 g/mol. The van der Waals surface area contributed by atoms with Gasteiger partial charge in [0.25, 0.3) is 0 Å². The normalized spacial score (nSPS) is 23.2. The molecule has 0 aliphatic carbocycles. The molecule has 12 heavy (non-hydrogen) atoms. The molecule has 0 spiro atoms. The van der Waals surface area contributed by atoms with Gasteiger partial charge in [-0.3, -0.25) is 0 Å². The number of aromatic nitrogens is 1. The van der Waals surface area contributed by atoms with Crippen LogP contribution in [0.25, 0.3) is 0 Å². The van der Waals surface area contributed by atoms with Crippen LogP contribution in [0.3, 0.4) is 0 Å². The summed E-state index contributed by atoms with van der Waals surface area (Å²) in [5.41, 5.74) is 2.89. The van der Waals surface area contributed by atoms with Crippen LogP contribution in [0.1, 0.15) is 12.1 Å². The highest BCUT2D eigenvalue weighted by Gasteiger charge is 2.14. The van der Waals surface area contributed by atoms with Crippen LogP contribution in [-0.2, 0) is 11.3 Å².